The fraction of sp³-hybridized carbons (Fsp3) is 0. The van der Waals surface area contributed by atoms with Crippen LogP contribution >= 0.6 is 0 Å². The summed E-state index contributed by atoms with van der Waals surface area (Å²) in [6.07, 6.45) is 6.01. The van der Waals surface area contributed by atoms with E-state index in [2.05, 4.69) is 287 Å². The van der Waals surface area contributed by atoms with Crippen LogP contribution in [0.15, 0.2) is 286 Å². The van der Waals surface area contributed by atoms with Crippen LogP contribution in [0.4, 0.5) is 17.2 Å². The van der Waals surface area contributed by atoms with Crippen LogP contribution in [0.1, 0.15) is 0 Å². The zero-order valence-corrected chi connectivity index (χ0v) is 42.9. The number of rotatable bonds is 8. The number of nitrogens with zero attached hydrogens (tertiary/aromatic N) is 5. The summed E-state index contributed by atoms with van der Waals surface area (Å²) in [5.74, 6) is 0.957. The normalized spacial score (nSPS) is 13.1. The smallest absolute Gasteiger partial charge is 0.186 e. The van der Waals surface area contributed by atoms with E-state index in [-0.39, 0.29) is 0 Å². The van der Waals surface area contributed by atoms with Crippen molar-refractivity contribution in [3.8, 4) is 5.69 Å². The van der Waals surface area contributed by atoms with Crippen LogP contribution < -0.4 is 46.4 Å². The Hall–Kier alpha value is -9.41. The predicted molar refractivity (Wildman–Crippen MR) is 318 cm³/mol. The minimum absolute atomic E-state index is 0.957. The van der Waals surface area contributed by atoms with Gasteiger partial charge in [-0.3, -0.25) is 9.30 Å². The molecule has 14 aromatic rings. The molecule has 0 saturated carbocycles. The Kier molecular flexibility index (Phi) is 9.85. The SMILES string of the molecule is c1ccc(-n2c3ccccc3c3cc4c(cc32)[Si](c2ccccc2)(c2ccccc2)c2cccnc2N4c2cccc([Si](c3ccccc3)(c3ccccc3)c3ccc4c5ccccc5n5ccnc5c4c3)c2)cc1. The van der Waals surface area contributed by atoms with Crippen molar-refractivity contribution in [3.63, 3.8) is 0 Å². The van der Waals surface area contributed by atoms with Crippen LogP contribution in [0.3, 0.4) is 0 Å². The first kappa shape index (κ1) is 43.2. The van der Waals surface area contributed by atoms with Gasteiger partial charge in [0.05, 0.1) is 16.6 Å². The summed E-state index contributed by atoms with van der Waals surface area (Å²) >= 11 is 0. The maximum absolute atomic E-state index is 5.52. The second kappa shape index (κ2) is 17.1. The summed E-state index contributed by atoms with van der Waals surface area (Å²) in [6, 6.07) is 99.8. The molecule has 15 rings (SSSR count). The molecule has 1 aliphatic rings. The minimum Gasteiger partial charge on any atom is -0.309 e. The van der Waals surface area contributed by atoms with Gasteiger partial charge >= 0.3 is 0 Å². The monoisotopic (exact) mass is 989 g/mol. The quantitative estimate of drug-likeness (QED) is 0.0865. The van der Waals surface area contributed by atoms with Crippen molar-refractivity contribution in [2.24, 2.45) is 0 Å². The third-order valence-electron chi connectivity index (χ3n) is 16.0. The number of pyridine rings is 2. The fourth-order valence-corrected chi connectivity index (χ4v) is 22.8. The lowest BCUT2D eigenvalue weighted by Gasteiger charge is -2.44. The van der Waals surface area contributed by atoms with Gasteiger partial charge in [-0.25, -0.2) is 9.97 Å². The Morgan fingerprint density at radius 2 is 0.920 bits per heavy atom. The van der Waals surface area contributed by atoms with Gasteiger partial charge in [-0.1, -0.05) is 212 Å². The summed E-state index contributed by atoms with van der Waals surface area (Å²) < 4.78 is 4.71. The van der Waals surface area contributed by atoms with E-state index < -0.39 is 16.1 Å². The first-order valence-electron chi connectivity index (χ1n) is 25.7. The van der Waals surface area contributed by atoms with E-state index in [0.717, 1.165) is 39.4 Å². The number of hydrogen-bond acceptors (Lipinski definition) is 3. The highest BCUT2D eigenvalue weighted by atomic mass is 28.3. The number of fused-ring (bicyclic) bond motifs is 11. The fourth-order valence-electron chi connectivity index (χ4n) is 13.0. The molecule has 5 heterocycles. The van der Waals surface area contributed by atoms with Crippen molar-refractivity contribution in [3.05, 3.63) is 286 Å². The lowest BCUT2D eigenvalue weighted by atomic mass is 10.1. The highest BCUT2D eigenvalue weighted by Gasteiger charge is 2.50. The van der Waals surface area contributed by atoms with E-state index in [1.807, 2.05) is 12.4 Å². The molecule has 0 bridgehead atoms. The molecule has 0 atom stereocenters. The molecule has 0 radical (unpaired) electrons. The molecule has 4 aromatic heterocycles. The Morgan fingerprint density at radius 1 is 0.347 bits per heavy atom. The summed E-state index contributed by atoms with van der Waals surface area (Å²) in [5.41, 5.74) is 7.81. The molecule has 7 heteroatoms. The lowest BCUT2D eigenvalue weighted by molar-refractivity contribution is 1.17. The van der Waals surface area contributed by atoms with Crippen molar-refractivity contribution < 1.29 is 0 Å². The van der Waals surface area contributed by atoms with Crippen molar-refractivity contribution in [1.29, 1.82) is 0 Å². The molecule has 10 aromatic carbocycles. The Labute approximate surface area is 436 Å². The maximum atomic E-state index is 5.52. The predicted octanol–water partition coefficient (Wildman–Crippen LogP) is 10.7. The third kappa shape index (κ3) is 6.29. The van der Waals surface area contributed by atoms with Crippen LogP contribution in [-0.4, -0.2) is 35.1 Å². The van der Waals surface area contributed by atoms with E-state index in [1.165, 1.54) is 74.1 Å². The summed E-state index contributed by atoms with van der Waals surface area (Å²) in [5, 5.41) is 16.3. The zero-order valence-electron chi connectivity index (χ0n) is 40.9. The zero-order chi connectivity index (χ0) is 49.5. The number of anilines is 3. The van der Waals surface area contributed by atoms with E-state index >= 15 is 0 Å². The van der Waals surface area contributed by atoms with Crippen LogP contribution in [0.5, 0.6) is 0 Å². The second-order valence-corrected chi connectivity index (χ2v) is 27.2. The van der Waals surface area contributed by atoms with Crippen LogP contribution in [0.25, 0.3) is 54.8 Å². The van der Waals surface area contributed by atoms with E-state index in [4.69, 9.17) is 9.97 Å². The number of hydrogen-bond donors (Lipinski definition) is 0. The number of imidazole rings is 1. The molecule has 0 N–H and O–H groups in total. The largest absolute Gasteiger partial charge is 0.309 e. The molecule has 0 fully saturated rings. The number of aromatic nitrogens is 4. The van der Waals surface area contributed by atoms with Crippen LogP contribution in [0.2, 0.25) is 0 Å². The number of para-hydroxylation sites is 3. The average molecular weight is 990 g/mol. The van der Waals surface area contributed by atoms with Gasteiger partial charge in [-0.05, 0) is 101 Å². The van der Waals surface area contributed by atoms with Gasteiger partial charge in [-0.15, -0.1) is 0 Å². The molecule has 5 nitrogen and oxygen atoms in total. The second-order valence-electron chi connectivity index (χ2n) is 19.7. The molecule has 0 amide bonds. The van der Waals surface area contributed by atoms with E-state index in [0.29, 0.717) is 0 Å². The summed E-state index contributed by atoms with van der Waals surface area (Å²) in [6.45, 7) is 0. The lowest BCUT2D eigenvalue weighted by Crippen LogP contribution is -2.77. The highest BCUT2D eigenvalue weighted by Crippen LogP contribution is 2.42. The van der Waals surface area contributed by atoms with Crippen molar-refractivity contribution in [2.45, 2.75) is 0 Å². The molecule has 0 spiro atoms. The number of benzene rings is 10. The molecule has 1 aliphatic heterocycles. The standard InChI is InChI=1S/C68H47N5Si2/c1-6-22-48(23-7-1)72-62-37-19-17-35-58(62)59-46-64-66(47-63(59)72)75(52-29-12-4-13-30-52,53-31-14-5-15-32-53)65-38-21-41-69-68(65)73(64)49-24-20-33-54(44-49)74(50-25-8-2-9-26-50,51-27-10-3-11-28-51)55-39-40-56-57-34-16-18-36-61(57)71-43-42-70-67(71)60(56)45-55/h1-47H. The highest BCUT2D eigenvalue weighted by molar-refractivity contribution is 7.21. The molecule has 75 heavy (non-hydrogen) atoms. The topological polar surface area (TPSA) is 38.4 Å². The third-order valence-corrected chi connectivity index (χ3v) is 25.6. The average Bonchev–Trinajstić information content (AvgIpc) is 4.12. The van der Waals surface area contributed by atoms with Gasteiger partial charge in [0, 0.05) is 57.2 Å². The molecular formula is C68H47N5Si2. The summed E-state index contributed by atoms with van der Waals surface area (Å²) in [7, 11) is -6.28. The summed E-state index contributed by atoms with van der Waals surface area (Å²) in [4.78, 5) is 13.1. The van der Waals surface area contributed by atoms with Gasteiger partial charge in [0.15, 0.2) is 16.1 Å². The van der Waals surface area contributed by atoms with Crippen molar-refractivity contribution in [2.75, 3.05) is 4.90 Å². The van der Waals surface area contributed by atoms with Crippen molar-refractivity contribution in [1.82, 2.24) is 18.9 Å². The van der Waals surface area contributed by atoms with Gasteiger partial charge in [0.2, 0.25) is 0 Å². The molecule has 352 valence electrons. The van der Waals surface area contributed by atoms with E-state index in [1.54, 1.807) is 0 Å². The van der Waals surface area contributed by atoms with Crippen LogP contribution in [-0.2, 0) is 0 Å². The van der Waals surface area contributed by atoms with Crippen LogP contribution in [0, 0.1) is 0 Å². The maximum Gasteiger partial charge on any atom is 0.186 e. The Morgan fingerprint density at radius 3 is 1.61 bits per heavy atom. The van der Waals surface area contributed by atoms with Gasteiger partial charge in [0.1, 0.15) is 11.5 Å². The molecular weight excluding hydrogens is 943 g/mol. The Balaban J connectivity index is 1.06. The van der Waals surface area contributed by atoms with Gasteiger partial charge < -0.3 is 4.57 Å². The molecule has 0 saturated heterocycles. The van der Waals surface area contributed by atoms with E-state index in [9.17, 15) is 0 Å². The first-order chi connectivity index (χ1) is 37.2. The first-order valence-corrected chi connectivity index (χ1v) is 29.7. The Bertz CT molecular complexity index is 4400. The minimum atomic E-state index is -3.16. The molecule has 0 aliphatic carbocycles. The van der Waals surface area contributed by atoms with Crippen molar-refractivity contribution >= 4 is 124 Å². The van der Waals surface area contributed by atoms with Gasteiger partial charge in [-0.2, -0.15) is 0 Å². The molecule has 0 unspecified atom stereocenters. The van der Waals surface area contributed by atoms with Gasteiger partial charge in [0.25, 0.3) is 0 Å².